The van der Waals surface area contributed by atoms with Crippen LogP contribution < -0.4 is 11.0 Å². The molecular formula is C16H16N4O2. The number of hydrogen-bond acceptors (Lipinski definition) is 3. The number of carbonyl (C=O) groups excluding carboxylic acids is 1. The molecule has 0 radical (unpaired) electrons. The van der Waals surface area contributed by atoms with Gasteiger partial charge in [-0.25, -0.2) is 4.79 Å². The topological polar surface area (TPSA) is 79.8 Å². The van der Waals surface area contributed by atoms with Gasteiger partial charge in [0.15, 0.2) is 0 Å². The number of H-pyrrole nitrogens is 1. The number of benzene rings is 1. The van der Waals surface area contributed by atoms with Crippen molar-refractivity contribution < 1.29 is 4.79 Å². The number of aryl methyl sites for hydroxylation is 1. The van der Waals surface area contributed by atoms with E-state index in [-0.39, 0.29) is 11.6 Å². The number of aromatic nitrogens is 3. The molecule has 0 atom stereocenters. The fourth-order valence-corrected chi connectivity index (χ4v) is 2.37. The van der Waals surface area contributed by atoms with Gasteiger partial charge in [0.1, 0.15) is 0 Å². The molecular weight excluding hydrogens is 280 g/mol. The standard InChI is InChI=1S/C16H16N4O2/c21-15(12-6-9-17-10-7-12)18-8-3-11-20-14-5-2-1-4-13(14)19-16(20)22/h1-2,4-7,9-10H,3,8,11H2,(H,18,21)(H,19,22). The van der Waals surface area contributed by atoms with E-state index in [4.69, 9.17) is 0 Å². The molecule has 6 heteroatoms. The summed E-state index contributed by atoms with van der Waals surface area (Å²) in [6.07, 6.45) is 3.85. The van der Waals surface area contributed by atoms with E-state index in [1.807, 2.05) is 24.3 Å². The second kappa shape index (κ2) is 6.26. The third-order valence-corrected chi connectivity index (χ3v) is 3.47. The minimum atomic E-state index is -0.131. The molecule has 1 aromatic carbocycles. The zero-order valence-electron chi connectivity index (χ0n) is 12.0. The molecule has 0 fully saturated rings. The lowest BCUT2D eigenvalue weighted by Crippen LogP contribution is -2.26. The molecule has 2 aromatic heterocycles. The van der Waals surface area contributed by atoms with Crippen molar-refractivity contribution >= 4 is 16.9 Å². The molecule has 0 spiro atoms. The molecule has 0 aliphatic carbocycles. The Balaban J connectivity index is 1.58. The minimum absolute atomic E-state index is 0.123. The molecule has 1 amide bonds. The van der Waals surface area contributed by atoms with Gasteiger partial charge in [0.25, 0.3) is 5.91 Å². The smallest absolute Gasteiger partial charge is 0.326 e. The van der Waals surface area contributed by atoms with E-state index in [0.717, 1.165) is 11.0 Å². The third kappa shape index (κ3) is 2.90. The van der Waals surface area contributed by atoms with Crippen molar-refractivity contribution in [3.63, 3.8) is 0 Å². The van der Waals surface area contributed by atoms with E-state index in [0.29, 0.717) is 25.1 Å². The summed E-state index contributed by atoms with van der Waals surface area (Å²) < 4.78 is 1.69. The Morgan fingerprint density at radius 3 is 2.77 bits per heavy atom. The van der Waals surface area contributed by atoms with Crippen molar-refractivity contribution in [2.45, 2.75) is 13.0 Å². The van der Waals surface area contributed by atoms with Gasteiger partial charge in [0, 0.05) is 31.0 Å². The summed E-state index contributed by atoms with van der Waals surface area (Å²) in [7, 11) is 0. The number of fused-ring (bicyclic) bond motifs is 1. The van der Waals surface area contributed by atoms with Crippen molar-refractivity contribution in [1.29, 1.82) is 0 Å². The summed E-state index contributed by atoms with van der Waals surface area (Å²) in [5, 5.41) is 2.84. The van der Waals surface area contributed by atoms with Crippen LogP contribution in [0.2, 0.25) is 0 Å². The highest BCUT2D eigenvalue weighted by atomic mass is 16.2. The van der Waals surface area contributed by atoms with Crippen LogP contribution in [0.1, 0.15) is 16.8 Å². The van der Waals surface area contributed by atoms with Crippen molar-refractivity contribution in [2.75, 3.05) is 6.54 Å². The number of imidazole rings is 1. The predicted octanol–water partition coefficient (Wildman–Crippen LogP) is 1.54. The molecule has 2 heterocycles. The quantitative estimate of drug-likeness (QED) is 0.701. The van der Waals surface area contributed by atoms with E-state index in [9.17, 15) is 9.59 Å². The first-order valence-electron chi connectivity index (χ1n) is 7.11. The van der Waals surface area contributed by atoms with Crippen molar-refractivity contribution in [3.8, 4) is 0 Å². The molecule has 3 aromatic rings. The molecule has 3 rings (SSSR count). The number of amides is 1. The van der Waals surface area contributed by atoms with Gasteiger partial charge in [0.2, 0.25) is 0 Å². The van der Waals surface area contributed by atoms with Gasteiger partial charge >= 0.3 is 5.69 Å². The van der Waals surface area contributed by atoms with Gasteiger partial charge in [-0.3, -0.25) is 14.3 Å². The van der Waals surface area contributed by atoms with Crippen molar-refractivity contribution in [2.24, 2.45) is 0 Å². The molecule has 0 saturated carbocycles. The minimum Gasteiger partial charge on any atom is -0.352 e. The highest BCUT2D eigenvalue weighted by Gasteiger charge is 2.06. The van der Waals surface area contributed by atoms with Crippen molar-refractivity contribution in [1.82, 2.24) is 19.9 Å². The second-order valence-electron chi connectivity index (χ2n) is 4.94. The van der Waals surface area contributed by atoms with Crippen LogP contribution in [-0.2, 0) is 6.54 Å². The van der Waals surface area contributed by atoms with Crippen LogP contribution in [0.15, 0.2) is 53.6 Å². The number of hydrogen-bond donors (Lipinski definition) is 2. The molecule has 22 heavy (non-hydrogen) atoms. The van der Waals surface area contributed by atoms with E-state index in [1.165, 1.54) is 0 Å². The van der Waals surface area contributed by atoms with Gasteiger partial charge in [-0.05, 0) is 30.7 Å². The van der Waals surface area contributed by atoms with Gasteiger partial charge in [-0.15, -0.1) is 0 Å². The maximum Gasteiger partial charge on any atom is 0.326 e. The zero-order chi connectivity index (χ0) is 15.4. The van der Waals surface area contributed by atoms with E-state index >= 15 is 0 Å². The Hall–Kier alpha value is -2.89. The summed E-state index contributed by atoms with van der Waals surface area (Å²) in [6.45, 7) is 1.06. The summed E-state index contributed by atoms with van der Waals surface area (Å²) in [5.41, 5.74) is 2.17. The van der Waals surface area contributed by atoms with Gasteiger partial charge in [0.05, 0.1) is 11.0 Å². The van der Waals surface area contributed by atoms with Crippen LogP contribution in [0.3, 0.4) is 0 Å². The second-order valence-corrected chi connectivity index (χ2v) is 4.94. The molecule has 112 valence electrons. The number of nitrogens with zero attached hydrogens (tertiary/aromatic N) is 2. The molecule has 0 saturated heterocycles. The Morgan fingerprint density at radius 2 is 1.95 bits per heavy atom. The van der Waals surface area contributed by atoms with Crippen LogP contribution >= 0.6 is 0 Å². The van der Waals surface area contributed by atoms with Crippen LogP contribution in [0.4, 0.5) is 0 Å². The first kappa shape index (κ1) is 14.1. The molecule has 6 nitrogen and oxygen atoms in total. The highest BCUT2D eigenvalue weighted by molar-refractivity contribution is 5.93. The molecule has 2 N–H and O–H groups in total. The van der Waals surface area contributed by atoms with Crippen LogP contribution in [-0.4, -0.2) is 27.0 Å². The number of carbonyl (C=O) groups is 1. The highest BCUT2D eigenvalue weighted by Crippen LogP contribution is 2.09. The fraction of sp³-hybridized carbons (Fsp3) is 0.188. The molecule has 0 unspecified atom stereocenters. The molecule has 0 bridgehead atoms. The number of rotatable bonds is 5. The average Bonchev–Trinajstić information content (AvgIpc) is 2.88. The lowest BCUT2D eigenvalue weighted by molar-refractivity contribution is 0.0952. The summed E-state index contributed by atoms with van der Waals surface area (Å²) in [6, 6.07) is 10.9. The lowest BCUT2D eigenvalue weighted by Gasteiger charge is -2.06. The maximum absolute atomic E-state index is 11.9. The number of aromatic amines is 1. The predicted molar refractivity (Wildman–Crippen MR) is 83.7 cm³/mol. The largest absolute Gasteiger partial charge is 0.352 e. The first-order chi connectivity index (χ1) is 10.8. The molecule has 0 aliphatic rings. The van der Waals surface area contributed by atoms with Crippen LogP contribution in [0, 0.1) is 0 Å². The fourth-order valence-electron chi connectivity index (χ4n) is 2.37. The monoisotopic (exact) mass is 296 g/mol. The number of nitrogens with one attached hydrogen (secondary N) is 2. The van der Waals surface area contributed by atoms with E-state index < -0.39 is 0 Å². The summed E-state index contributed by atoms with van der Waals surface area (Å²) >= 11 is 0. The summed E-state index contributed by atoms with van der Waals surface area (Å²) in [4.78, 5) is 30.5. The normalized spacial score (nSPS) is 10.7. The Bertz CT molecular complexity index is 836. The SMILES string of the molecule is O=C(NCCCn1c(=O)[nH]c2ccccc21)c1ccncc1. The first-order valence-corrected chi connectivity index (χ1v) is 7.11. The number of pyridine rings is 1. The Labute approximate surface area is 126 Å². The molecule has 0 aliphatic heterocycles. The Morgan fingerprint density at radius 1 is 1.18 bits per heavy atom. The number of para-hydroxylation sites is 2. The van der Waals surface area contributed by atoms with Crippen LogP contribution in [0.5, 0.6) is 0 Å². The van der Waals surface area contributed by atoms with Crippen molar-refractivity contribution in [3.05, 3.63) is 64.8 Å². The van der Waals surface area contributed by atoms with Gasteiger partial charge in [-0.2, -0.15) is 0 Å². The van der Waals surface area contributed by atoms with E-state index in [1.54, 1.807) is 29.1 Å². The third-order valence-electron chi connectivity index (χ3n) is 3.47. The van der Waals surface area contributed by atoms with Gasteiger partial charge in [-0.1, -0.05) is 12.1 Å². The maximum atomic E-state index is 11.9. The summed E-state index contributed by atoms with van der Waals surface area (Å²) in [5.74, 6) is -0.131. The van der Waals surface area contributed by atoms with Gasteiger partial charge < -0.3 is 10.3 Å². The van der Waals surface area contributed by atoms with E-state index in [2.05, 4.69) is 15.3 Å². The lowest BCUT2D eigenvalue weighted by atomic mass is 10.2. The zero-order valence-corrected chi connectivity index (χ0v) is 12.0. The Kier molecular flexibility index (Phi) is 4.00. The average molecular weight is 296 g/mol. The van der Waals surface area contributed by atoms with Crippen LogP contribution in [0.25, 0.3) is 11.0 Å².